The Balaban J connectivity index is 1.50. The number of nitrogens with zero attached hydrogens (tertiary/aromatic N) is 6. The van der Waals surface area contributed by atoms with Crippen LogP contribution < -0.4 is 4.90 Å². The molecule has 0 saturated carbocycles. The summed E-state index contributed by atoms with van der Waals surface area (Å²) in [5, 5.41) is 5.25. The van der Waals surface area contributed by atoms with Crippen LogP contribution in [0.1, 0.15) is 18.5 Å². The molecule has 0 aliphatic carbocycles. The molecule has 3 aromatic rings. The number of anilines is 1. The van der Waals surface area contributed by atoms with Gasteiger partial charge in [0.15, 0.2) is 5.65 Å². The highest BCUT2D eigenvalue weighted by Crippen LogP contribution is 2.27. The van der Waals surface area contributed by atoms with E-state index in [0.717, 1.165) is 48.6 Å². The van der Waals surface area contributed by atoms with E-state index in [9.17, 15) is 4.39 Å². The first-order chi connectivity index (χ1) is 12.1. The molecule has 7 heteroatoms. The van der Waals surface area contributed by atoms with E-state index in [-0.39, 0.29) is 11.9 Å². The van der Waals surface area contributed by atoms with E-state index in [1.165, 1.54) is 6.07 Å². The molecule has 1 fully saturated rings. The largest absolute Gasteiger partial charge is 0.353 e. The van der Waals surface area contributed by atoms with Crippen molar-refractivity contribution in [2.75, 3.05) is 31.1 Å². The predicted octanol–water partition coefficient (Wildman–Crippen LogP) is 2.39. The van der Waals surface area contributed by atoms with Gasteiger partial charge in [-0.1, -0.05) is 18.2 Å². The summed E-state index contributed by atoms with van der Waals surface area (Å²) in [5.41, 5.74) is 1.60. The summed E-state index contributed by atoms with van der Waals surface area (Å²) in [6.07, 6.45) is 3.41. The second-order valence-electron chi connectivity index (χ2n) is 6.42. The monoisotopic (exact) mass is 340 g/mol. The molecule has 2 aromatic heterocycles. The van der Waals surface area contributed by atoms with Gasteiger partial charge >= 0.3 is 0 Å². The van der Waals surface area contributed by atoms with Crippen LogP contribution in [0, 0.1) is 5.82 Å². The van der Waals surface area contributed by atoms with Crippen LogP contribution in [-0.4, -0.2) is 50.8 Å². The Kier molecular flexibility index (Phi) is 4.09. The Hall–Kier alpha value is -2.54. The van der Waals surface area contributed by atoms with Crippen molar-refractivity contribution in [1.29, 1.82) is 0 Å². The van der Waals surface area contributed by atoms with Crippen molar-refractivity contribution in [3.63, 3.8) is 0 Å². The number of rotatable bonds is 3. The molecule has 130 valence electrons. The van der Waals surface area contributed by atoms with Gasteiger partial charge in [-0.15, -0.1) is 0 Å². The Morgan fingerprint density at radius 2 is 1.84 bits per heavy atom. The summed E-state index contributed by atoms with van der Waals surface area (Å²) in [6.45, 7) is 5.49. The molecule has 0 radical (unpaired) electrons. The molecule has 1 aliphatic rings. The lowest BCUT2D eigenvalue weighted by Gasteiger charge is -2.38. The predicted molar refractivity (Wildman–Crippen MR) is 94.9 cm³/mol. The summed E-state index contributed by atoms with van der Waals surface area (Å²) in [6, 6.07) is 7.09. The van der Waals surface area contributed by atoms with Gasteiger partial charge in [-0.3, -0.25) is 9.58 Å². The number of fused-ring (bicyclic) bond motifs is 1. The number of hydrogen-bond acceptors (Lipinski definition) is 5. The van der Waals surface area contributed by atoms with Gasteiger partial charge in [0.25, 0.3) is 0 Å². The van der Waals surface area contributed by atoms with Crippen LogP contribution in [0.15, 0.2) is 36.8 Å². The molecule has 6 nitrogen and oxygen atoms in total. The van der Waals surface area contributed by atoms with Gasteiger partial charge in [0.1, 0.15) is 18.0 Å². The molecule has 0 spiro atoms. The Labute approximate surface area is 145 Å². The Morgan fingerprint density at radius 1 is 1.08 bits per heavy atom. The van der Waals surface area contributed by atoms with Crippen molar-refractivity contribution >= 4 is 16.9 Å². The van der Waals surface area contributed by atoms with Crippen LogP contribution in [0.4, 0.5) is 10.2 Å². The molecule has 1 unspecified atom stereocenters. The topological polar surface area (TPSA) is 50.1 Å². The third kappa shape index (κ3) is 2.84. The maximum absolute atomic E-state index is 14.1. The minimum absolute atomic E-state index is 0.0622. The summed E-state index contributed by atoms with van der Waals surface area (Å²) in [5.74, 6) is 0.793. The molecule has 3 heterocycles. The van der Waals surface area contributed by atoms with Crippen molar-refractivity contribution in [1.82, 2.24) is 24.6 Å². The van der Waals surface area contributed by atoms with E-state index in [1.807, 2.05) is 25.4 Å². The lowest BCUT2D eigenvalue weighted by Crippen LogP contribution is -2.47. The molecule has 4 rings (SSSR count). The minimum atomic E-state index is -0.134. The second kappa shape index (κ2) is 6.40. The van der Waals surface area contributed by atoms with E-state index in [0.29, 0.717) is 0 Å². The fraction of sp³-hybridized carbons (Fsp3) is 0.389. The van der Waals surface area contributed by atoms with Crippen LogP contribution in [0.2, 0.25) is 0 Å². The number of aromatic nitrogens is 4. The van der Waals surface area contributed by atoms with E-state index in [4.69, 9.17) is 0 Å². The van der Waals surface area contributed by atoms with Crippen LogP contribution in [-0.2, 0) is 7.05 Å². The number of halogens is 1. The standard InChI is InChI=1S/C18H21FN6/c1-13(14-5-3-4-6-16(14)19)24-7-9-25(10-8-24)18-15-11-22-23(2)17(15)20-12-21-18/h3-6,11-13H,7-10H2,1-2H3. The molecule has 1 aromatic carbocycles. The van der Waals surface area contributed by atoms with Gasteiger partial charge in [-0.25, -0.2) is 14.4 Å². The van der Waals surface area contributed by atoms with E-state index < -0.39 is 0 Å². The molecule has 1 aliphatic heterocycles. The fourth-order valence-corrected chi connectivity index (χ4v) is 3.53. The van der Waals surface area contributed by atoms with Gasteiger partial charge in [0.05, 0.1) is 11.6 Å². The number of benzene rings is 1. The van der Waals surface area contributed by atoms with Gasteiger partial charge in [0, 0.05) is 44.8 Å². The van der Waals surface area contributed by atoms with Crippen LogP contribution in [0.25, 0.3) is 11.0 Å². The zero-order chi connectivity index (χ0) is 17.4. The van der Waals surface area contributed by atoms with E-state index >= 15 is 0 Å². The van der Waals surface area contributed by atoms with Gasteiger partial charge < -0.3 is 4.90 Å². The molecular formula is C18H21FN6. The maximum atomic E-state index is 14.1. The van der Waals surface area contributed by atoms with Crippen molar-refractivity contribution < 1.29 is 4.39 Å². The first kappa shape index (κ1) is 16.0. The van der Waals surface area contributed by atoms with Crippen LogP contribution in [0.3, 0.4) is 0 Å². The Bertz CT molecular complexity index is 884. The third-order valence-corrected chi connectivity index (χ3v) is 5.03. The summed E-state index contributed by atoms with van der Waals surface area (Å²) >= 11 is 0. The SMILES string of the molecule is CC(c1ccccc1F)N1CCN(c2ncnc3c2cnn3C)CC1. The third-order valence-electron chi connectivity index (χ3n) is 5.03. The minimum Gasteiger partial charge on any atom is -0.353 e. The van der Waals surface area contributed by atoms with E-state index in [1.54, 1.807) is 17.1 Å². The number of piperazine rings is 1. The smallest absolute Gasteiger partial charge is 0.163 e. The first-order valence-corrected chi connectivity index (χ1v) is 8.51. The molecule has 25 heavy (non-hydrogen) atoms. The maximum Gasteiger partial charge on any atom is 0.163 e. The highest BCUT2D eigenvalue weighted by atomic mass is 19.1. The molecule has 1 saturated heterocycles. The van der Waals surface area contributed by atoms with E-state index in [2.05, 4.69) is 31.8 Å². The number of hydrogen-bond donors (Lipinski definition) is 0. The average molecular weight is 340 g/mol. The number of aryl methyl sites for hydroxylation is 1. The van der Waals surface area contributed by atoms with Gasteiger partial charge in [-0.2, -0.15) is 5.10 Å². The lowest BCUT2D eigenvalue weighted by atomic mass is 10.1. The highest BCUT2D eigenvalue weighted by molar-refractivity contribution is 5.86. The lowest BCUT2D eigenvalue weighted by molar-refractivity contribution is 0.195. The van der Waals surface area contributed by atoms with Gasteiger partial charge in [0.2, 0.25) is 0 Å². The van der Waals surface area contributed by atoms with Crippen LogP contribution >= 0.6 is 0 Å². The van der Waals surface area contributed by atoms with Crippen molar-refractivity contribution in [3.8, 4) is 0 Å². The highest BCUT2D eigenvalue weighted by Gasteiger charge is 2.25. The average Bonchev–Trinajstić information content (AvgIpc) is 3.03. The molecule has 1 atom stereocenters. The summed E-state index contributed by atoms with van der Waals surface area (Å²) in [7, 11) is 1.88. The van der Waals surface area contributed by atoms with Crippen molar-refractivity contribution in [3.05, 3.63) is 48.2 Å². The Morgan fingerprint density at radius 3 is 2.60 bits per heavy atom. The zero-order valence-corrected chi connectivity index (χ0v) is 14.4. The fourth-order valence-electron chi connectivity index (χ4n) is 3.53. The zero-order valence-electron chi connectivity index (χ0n) is 14.4. The molecule has 0 amide bonds. The van der Waals surface area contributed by atoms with Crippen LogP contribution in [0.5, 0.6) is 0 Å². The summed E-state index contributed by atoms with van der Waals surface area (Å²) < 4.78 is 15.8. The van der Waals surface area contributed by atoms with Crippen molar-refractivity contribution in [2.45, 2.75) is 13.0 Å². The van der Waals surface area contributed by atoms with Crippen molar-refractivity contribution in [2.24, 2.45) is 7.05 Å². The van der Waals surface area contributed by atoms with Gasteiger partial charge in [-0.05, 0) is 13.0 Å². The second-order valence-corrected chi connectivity index (χ2v) is 6.42. The molecule has 0 bridgehead atoms. The normalized spacial score (nSPS) is 17.2. The molecular weight excluding hydrogens is 319 g/mol. The quantitative estimate of drug-likeness (QED) is 0.733. The first-order valence-electron chi connectivity index (χ1n) is 8.51. The summed E-state index contributed by atoms with van der Waals surface area (Å²) in [4.78, 5) is 13.3. The molecule has 0 N–H and O–H groups in total.